The molecule has 3 aromatic rings. The molecule has 0 bridgehead atoms. The van der Waals surface area contributed by atoms with E-state index in [1.54, 1.807) is 18.2 Å². The number of fused-ring (bicyclic) bond motifs is 1. The van der Waals surface area contributed by atoms with Crippen molar-refractivity contribution in [3.63, 3.8) is 0 Å². The fourth-order valence-electron chi connectivity index (χ4n) is 2.56. The van der Waals surface area contributed by atoms with E-state index < -0.39 is 4.92 Å². The van der Waals surface area contributed by atoms with E-state index in [1.807, 2.05) is 25.1 Å². The quantitative estimate of drug-likeness (QED) is 0.449. The molecule has 0 unspecified atom stereocenters. The van der Waals surface area contributed by atoms with Gasteiger partial charge in [-0.25, -0.2) is 0 Å². The molecule has 0 atom stereocenters. The van der Waals surface area contributed by atoms with Crippen LogP contribution in [0.4, 0.5) is 5.69 Å². The molecular formula is C16H12N2O3. The molecule has 0 aliphatic rings. The van der Waals surface area contributed by atoms with Gasteiger partial charge in [-0.3, -0.25) is 14.9 Å². The van der Waals surface area contributed by atoms with Crippen molar-refractivity contribution in [1.29, 1.82) is 0 Å². The van der Waals surface area contributed by atoms with Crippen molar-refractivity contribution in [1.82, 2.24) is 4.98 Å². The Kier molecular flexibility index (Phi) is 3.02. The topological polar surface area (TPSA) is 76.0 Å². The Morgan fingerprint density at radius 2 is 1.90 bits per heavy atom. The van der Waals surface area contributed by atoms with Crippen LogP contribution in [0.1, 0.15) is 15.9 Å². The number of aromatic amines is 1. The lowest BCUT2D eigenvalue weighted by Gasteiger charge is -2.01. The van der Waals surface area contributed by atoms with Crippen LogP contribution >= 0.6 is 0 Å². The summed E-state index contributed by atoms with van der Waals surface area (Å²) >= 11 is 0. The predicted molar refractivity (Wildman–Crippen MR) is 80.5 cm³/mol. The number of hydrogen-bond acceptors (Lipinski definition) is 3. The lowest BCUT2D eigenvalue weighted by Crippen LogP contribution is -1.93. The number of aldehydes is 1. The van der Waals surface area contributed by atoms with E-state index in [0.29, 0.717) is 16.8 Å². The van der Waals surface area contributed by atoms with Gasteiger partial charge in [0.15, 0.2) is 6.29 Å². The number of H-pyrrole nitrogens is 1. The maximum atomic E-state index is 11.5. The second-order valence-corrected chi connectivity index (χ2v) is 4.80. The molecule has 0 saturated carbocycles. The zero-order chi connectivity index (χ0) is 15.0. The molecule has 0 saturated heterocycles. The molecule has 1 N–H and O–H groups in total. The summed E-state index contributed by atoms with van der Waals surface area (Å²) in [5.74, 6) is 0. The summed E-state index contributed by atoms with van der Waals surface area (Å²) < 4.78 is 0. The standard InChI is InChI=1S/C16H12N2O3/c1-10-5-4-7-11-13(9-19)16(17-15(10)11)12-6-2-3-8-14(12)18(20)21/h2-9,17H,1H3. The van der Waals surface area contributed by atoms with Crippen LogP contribution in [-0.4, -0.2) is 16.2 Å². The van der Waals surface area contributed by atoms with Crippen molar-refractivity contribution in [2.45, 2.75) is 6.92 Å². The highest BCUT2D eigenvalue weighted by Gasteiger charge is 2.20. The minimum Gasteiger partial charge on any atom is -0.353 e. The van der Waals surface area contributed by atoms with Gasteiger partial charge in [0, 0.05) is 22.5 Å². The van der Waals surface area contributed by atoms with Crippen LogP contribution in [0.3, 0.4) is 0 Å². The Morgan fingerprint density at radius 3 is 2.62 bits per heavy atom. The number of nitrogens with one attached hydrogen (secondary N) is 1. The van der Waals surface area contributed by atoms with Crippen molar-refractivity contribution in [2.24, 2.45) is 0 Å². The summed E-state index contributed by atoms with van der Waals surface area (Å²) in [6.45, 7) is 1.93. The zero-order valence-corrected chi connectivity index (χ0v) is 11.3. The third-order valence-electron chi connectivity index (χ3n) is 3.57. The molecule has 0 aliphatic heterocycles. The minimum atomic E-state index is -0.442. The van der Waals surface area contributed by atoms with Gasteiger partial charge in [-0.2, -0.15) is 0 Å². The Bertz CT molecular complexity index is 865. The van der Waals surface area contributed by atoms with E-state index in [4.69, 9.17) is 0 Å². The summed E-state index contributed by atoms with van der Waals surface area (Å²) in [5.41, 5.74) is 3.14. The van der Waals surface area contributed by atoms with Gasteiger partial charge in [0.2, 0.25) is 0 Å². The number of aromatic nitrogens is 1. The SMILES string of the molecule is Cc1cccc2c(C=O)c(-c3ccccc3[N+](=O)[O-])[nH]c12. The molecule has 0 radical (unpaired) electrons. The number of carbonyl (C=O) groups is 1. The average molecular weight is 280 g/mol. The largest absolute Gasteiger partial charge is 0.353 e. The van der Waals surface area contributed by atoms with E-state index >= 15 is 0 Å². The third kappa shape index (κ3) is 1.99. The molecule has 21 heavy (non-hydrogen) atoms. The molecule has 0 fully saturated rings. The van der Waals surface area contributed by atoms with E-state index in [9.17, 15) is 14.9 Å². The first-order chi connectivity index (χ1) is 10.1. The van der Waals surface area contributed by atoms with Crippen molar-refractivity contribution >= 4 is 22.9 Å². The second kappa shape index (κ2) is 4.86. The lowest BCUT2D eigenvalue weighted by atomic mass is 10.0. The fourth-order valence-corrected chi connectivity index (χ4v) is 2.56. The van der Waals surface area contributed by atoms with Crippen LogP contribution in [0.5, 0.6) is 0 Å². The van der Waals surface area contributed by atoms with Gasteiger partial charge >= 0.3 is 0 Å². The maximum absolute atomic E-state index is 11.5. The van der Waals surface area contributed by atoms with E-state index in [2.05, 4.69) is 4.98 Å². The first kappa shape index (κ1) is 13.1. The number of benzene rings is 2. The Morgan fingerprint density at radius 1 is 1.14 bits per heavy atom. The number of rotatable bonds is 3. The number of para-hydroxylation sites is 2. The molecular weight excluding hydrogens is 268 g/mol. The zero-order valence-electron chi connectivity index (χ0n) is 11.3. The van der Waals surface area contributed by atoms with Crippen molar-refractivity contribution in [2.75, 3.05) is 0 Å². The highest BCUT2D eigenvalue weighted by atomic mass is 16.6. The first-order valence-corrected chi connectivity index (χ1v) is 6.43. The number of aryl methyl sites for hydroxylation is 1. The Balaban J connectivity index is 2.38. The highest BCUT2D eigenvalue weighted by Crippen LogP contribution is 2.35. The van der Waals surface area contributed by atoms with Crippen LogP contribution in [0, 0.1) is 17.0 Å². The number of nitrogens with zero attached hydrogens (tertiary/aromatic N) is 1. The third-order valence-corrected chi connectivity index (χ3v) is 3.57. The van der Waals surface area contributed by atoms with E-state index in [0.717, 1.165) is 22.8 Å². The summed E-state index contributed by atoms with van der Waals surface area (Å²) in [5, 5.41) is 12.0. The normalized spacial score (nSPS) is 10.7. The Hall–Kier alpha value is -2.95. The number of nitro benzene ring substituents is 1. The molecule has 1 heterocycles. The smallest absolute Gasteiger partial charge is 0.278 e. The van der Waals surface area contributed by atoms with Crippen LogP contribution in [0.15, 0.2) is 42.5 Å². The van der Waals surface area contributed by atoms with Gasteiger partial charge in [0.05, 0.1) is 16.2 Å². The van der Waals surface area contributed by atoms with Crippen molar-refractivity contribution in [3.8, 4) is 11.3 Å². The van der Waals surface area contributed by atoms with Gasteiger partial charge in [0.1, 0.15) is 0 Å². The first-order valence-electron chi connectivity index (χ1n) is 6.43. The minimum absolute atomic E-state index is 0.0233. The van der Waals surface area contributed by atoms with Gasteiger partial charge in [0.25, 0.3) is 5.69 Å². The van der Waals surface area contributed by atoms with Gasteiger partial charge in [-0.1, -0.05) is 30.3 Å². The number of nitro groups is 1. The highest BCUT2D eigenvalue weighted by molar-refractivity contribution is 6.06. The molecule has 0 aliphatic carbocycles. The second-order valence-electron chi connectivity index (χ2n) is 4.80. The van der Waals surface area contributed by atoms with Crippen LogP contribution in [0.25, 0.3) is 22.2 Å². The lowest BCUT2D eigenvalue weighted by molar-refractivity contribution is -0.384. The van der Waals surface area contributed by atoms with Gasteiger partial charge < -0.3 is 4.98 Å². The summed E-state index contributed by atoms with van der Waals surface area (Å²) in [6, 6.07) is 12.0. The molecule has 1 aromatic heterocycles. The molecule has 5 heteroatoms. The number of hydrogen-bond donors (Lipinski definition) is 1. The molecule has 3 rings (SSSR count). The summed E-state index contributed by atoms with van der Waals surface area (Å²) in [6.07, 6.45) is 0.740. The van der Waals surface area contributed by atoms with Crippen LogP contribution in [-0.2, 0) is 0 Å². The van der Waals surface area contributed by atoms with E-state index in [-0.39, 0.29) is 5.69 Å². The van der Waals surface area contributed by atoms with Crippen LogP contribution in [0.2, 0.25) is 0 Å². The van der Waals surface area contributed by atoms with Crippen molar-refractivity contribution in [3.05, 3.63) is 63.7 Å². The molecule has 5 nitrogen and oxygen atoms in total. The molecule has 0 amide bonds. The maximum Gasteiger partial charge on any atom is 0.278 e. The summed E-state index contributed by atoms with van der Waals surface area (Å²) in [4.78, 5) is 25.4. The molecule has 0 spiro atoms. The fraction of sp³-hybridized carbons (Fsp3) is 0.0625. The van der Waals surface area contributed by atoms with Gasteiger partial charge in [-0.05, 0) is 18.6 Å². The Labute approximate surface area is 120 Å². The molecule has 2 aromatic carbocycles. The summed E-state index contributed by atoms with van der Waals surface area (Å²) in [7, 11) is 0. The predicted octanol–water partition coefficient (Wildman–Crippen LogP) is 3.86. The van der Waals surface area contributed by atoms with Crippen molar-refractivity contribution < 1.29 is 9.72 Å². The number of carbonyl (C=O) groups excluding carboxylic acids is 1. The van der Waals surface area contributed by atoms with E-state index in [1.165, 1.54) is 6.07 Å². The monoisotopic (exact) mass is 280 g/mol. The molecule has 104 valence electrons. The van der Waals surface area contributed by atoms with Crippen LogP contribution < -0.4 is 0 Å². The van der Waals surface area contributed by atoms with Gasteiger partial charge in [-0.15, -0.1) is 0 Å². The average Bonchev–Trinajstić information content (AvgIpc) is 2.87.